The number of hydrogen-bond donors (Lipinski definition) is 3. The van der Waals surface area contributed by atoms with E-state index in [1.165, 1.54) is 12.3 Å². The Morgan fingerprint density at radius 2 is 1.90 bits per heavy atom. The highest BCUT2D eigenvalue weighted by Crippen LogP contribution is 2.37. The summed E-state index contributed by atoms with van der Waals surface area (Å²) in [4.78, 5) is 16.4. The number of para-hydroxylation sites is 1. The number of carbonyl (C=O) groups is 1. The van der Waals surface area contributed by atoms with Crippen LogP contribution in [0.25, 0.3) is 32.9 Å². The molecule has 6 rings (SSSR count). The molecule has 3 aromatic carbocycles. The van der Waals surface area contributed by atoms with Crippen molar-refractivity contribution in [3.63, 3.8) is 0 Å². The number of aryl methyl sites for hydroxylation is 1. The molecule has 0 radical (unpaired) electrons. The lowest BCUT2D eigenvalue weighted by Gasteiger charge is -2.25. The molecule has 10 heteroatoms. The fourth-order valence-corrected chi connectivity index (χ4v) is 6.48. The first-order valence-corrected chi connectivity index (χ1v) is 14.0. The van der Waals surface area contributed by atoms with Crippen molar-refractivity contribution in [2.45, 2.75) is 10.3 Å². The van der Waals surface area contributed by atoms with Gasteiger partial charge >= 0.3 is 5.97 Å². The van der Waals surface area contributed by atoms with Crippen molar-refractivity contribution < 1.29 is 23.1 Å². The van der Waals surface area contributed by atoms with Gasteiger partial charge < -0.3 is 25.0 Å². The summed E-state index contributed by atoms with van der Waals surface area (Å²) in [7, 11) is -2.02. The number of carboxylic acid groups (broad SMARTS) is 1. The zero-order valence-corrected chi connectivity index (χ0v) is 21.9. The van der Waals surface area contributed by atoms with Crippen molar-refractivity contribution in [1.29, 1.82) is 0 Å². The van der Waals surface area contributed by atoms with Gasteiger partial charge in [-0.25, -0.2) is 13.2 Å². The quantitative estimate of drug-likeness (QED) is 0.286. The van der Waals surface area contributed by atoms with E-state index in [1.807, 2.05) is 54.2 Å². The maximum absolute atomic E-state index is 13.8. The second kappa shape index (κ2) is 9.81. The van der Waals surface area contributed by atoms with Crippen LogP contribution < -0.4 is 10.6 Å². The predicted molar refractivity (Wildman–Crippen MR) is 150 cm³/mol. The van der Waals surface area contributed by atoms with Gasteiger partial charge in [0.1, 0.15) is 4.90 Å². The van der Waals surface area contributed by atoms with Gasteiger partial charge in [-0.05, 0) is 52.9 Å². The number of carboxylic acids is 1. The highest BCUT2D eigenvalue weighted by Gasteiger charge is 2.33. The van der Waals surface area contributed by atoms with Gasteiger partial charge in [-0.1, -0.05) is 30.3 Å². The van der Waals surface area contributed by atoms with Crippen LogP contribution in [0, 0.1) is 0 Å². The molecule has 1 aliphatic rings. The Kier molecular flexibility index (Phi) is 6.30. The Balaban J connectivity index is 1.57. The second-order valence-electron chi connectivity index (χ2n) is 9.45. The average Bonchev–Trinajstić information content (AvgIpc) is 3.33. The van der Waals surface area contributed by atoms with E-state index in [9.17, 15) is 18.3 Å². The van der Waals surface area contributed by atoms with Crippen molar-refractivity contribution in [1.82, 2.24) is 14.9 Å². The van der Waals surface area contributed by atoms with Crippen molar-refractivity contribution in [3.8, 4) is 11.1 Å². The molecule has 1 aliphatic heterocycles. The van der Waals surface area contributed by atoms with Crippen LogP contribution in [-0.4, -0.2) is 54.2 Å². The summed E-state index contributed by atoms with van der Waals surface area (Å²) in [5.74, 6) is -1.13. The van der Waals surface area contributed by atoms with Crippen molar-refractivity contribution >= 4 is 49.0 Å². The van der Waals surface area contributed by atoms with E-state index in [0.29, 0.717) is 17.4 Å². The van der Waals surface area contributed by atoms with E-state index in [-0.39, 0.29) is 35.0 Å². The number of anilines is 2. The molecule has 1 atom stereocenters. The summed E-state index contributed by atoms with van der Waals surface area (Å²) < 4.78 is 35.3. The summed E-state index contributed by atoms with van der Waals surface area (Å²) in [6.45, 7) is 0.970. The Bertz CT molecular complexity index is 1840. The SMILES string of the molecule is Cn1ccc2ccc(-c3ccc4ncc(S(=O)(=O)C5CNCCO5)c(Nc5ccccc5C(=O)O)c4c3)cc21. The smallest absolute Gasteiger partial charge is 0.337 e. The van der Waals surface area contributed by atoms with E-state index in [1.54, 1.807) is 18.2 Å². The van der Waals surface area contributed by atoms with Crippen LogP contribution in [0.2, 0.25) is 0 Å². The number of fused-ring (bicyclic) bond motifs is 2. The minimum absolute atomic E-state index is 0.0201. The number of ether oxygens (including phenoxy) is 1. The summed E-state index contributed by atoms with van der Waals surface area (Å²) in [6, 6.07) is 20.3. The third-order valence-electron chi connectivity index (χ3n) is 7.02. The fraction of sp³-hybridized carbons (Fsp3) is 0.172. The molecular formula is C29H26N4O5S. The number of aromatic carboxylic acids is 1. The Hall–Kier alpha value is -4.25. The molecule has 0 bridgehead atoms. The van der Waals surface area contributed by atoms with Gasteiger partial charge in [-0.3, -0.25) is 4.98 Å². The second-order valence-corrected chi connectivity index (χ2v) is 11.5. The number of morpholine rings is 1. The van der Waals surface area contributed by atoms with Crippen LogP contribution in [0.1, 0.15) is 10.4 Å². The Morgan fingerprint density at radius 1 is 1.10 bits per heavy atom. The maximum Gasteiger partial charge on any atom is 0.337 e. The topological polar surface area (TPSA) is 123 Å². The molecule has 198 valence electrons. The third kappa shape index (κ3) is 4.52. The minimum Gasteiger partial charge on any atom is -0.478 e. The number of nitrogens with zero attached hydrogens (tertiary/aromatic N) is 2. The largest absolute Gasteiger partial charge is 0.478 e. The number of sulfone groups is 1. The molecule has 1 fully saturated rings. The number of pyridine rings is 1. The van der Waals surface area contributed by atoms with Crippen LogP contribution in [0.15, 0.2) is 84.0 Å². The zero-order chi connectivity index (χ0) is 27.1. The Labute approximate surface area is 225 Å². The molecule has 3 N–H and O–H groups in total. The number of benzene rings is 3. The molecule has 0 spiro atoms. The number of nitrogens with one attached hydrogen (secondary N) is 2. The summed E-state index contributed by atoms with van der Waals surface area (Å²) in [5, 5.41) is 17.6. The van der Waals surface area contributed by atoms with Crippen molar-refractivity contribution in [2.75, 3.05) is 25.0 Å². The standard InChI is InChI=1S/C29H26N4O5S/c1-33-12-10-18-6-7-20(15-25(18)33)19-8-9-23-22(14-19)28(32-24-5-3-2-4-21(24)29(34)35)26(16-31-23)39(36,37)27-17-30-11-13-38-27/h2-10,12,14-16,27,30H,11,13,17H2,1H3,(H,31,32)(H,34,35). The van der Waals surface area contributed by atoms with E-state index >= 15 is 0 Å². The first kappa shape index (κ1) is 25.1. The maximum atomic E-state index is 13.8. The first-order chi connectivity index (χ1) is 18.8. The lowest BCUT2D eigenvalue weighted by molar-refractivity contribution is 0.0698. The van der Waals surface area contributed by atoms with E-state index in [0.717, 1.165) is 22.0 Å². The van der Waals surface area contributed by atoms with Crippen LogP contribution in [0.5, 0.6) is 0 Å². The normalized spacial score (nSPS) is 16.0. The highest BCUT2D eigenvalue weighted by atomic mass is 32.2. The predicted octanol–water partition coefficient (Wildman–Crippen LogP) is 4.55. The molecule has 39 heavy (non-hydrogen) atoms. The Morgan fingerprint density at radius 3 is 2.69 bits per heavy atom. The van der Waals surface area contributed by atoms with Crippen LogP contribution in [0.4, 0.5) is 11.4 Å². The molecule has 0 amide bonds. The highest BCUT2D eigenvalue weighted by molar-refractivity contribution is 7.92. The molecule has 1 unspecified atom stereocenters. The van der Waals surface area contributed by atoms with Gasteiger partial charge in [-0.2, -0.15) is 0 Å². The monoisotopic (exact) mass is 542 g/mol. The van der Waals surface area contributed by atoms with Gasteiger partial charge in [0.05, 0.1) is 29.1 Å². The molecule has 0 saturated carbocycles. The molecular weight excluding hydrogens is 516 g/mol. The van der Waals surface area contributed by atoms with Gasteiger partial charge in [0, 0.05) is 43.4 Å². The van der Waals surface area contributed by atoms with Gasteiger partial charge in [0.25, 0.3) is 0 Å². The minimum atomic E-state index is -4.00. The van der Waals surface area contributed by atoms with Crippen LogP contribution in [-0.2, 0) is 21.6 Å². The summed E-state index contributed by atoms with van der Waals surface area (Å²) in [5.41, 5.74) is 2.91. The van der Waals surface area contributed by atoms with Crippen LogP contribution >= 0.6 is 0 Å². The van der Waals surface area contributed by atoms with E-state index < -0.39 is 21.2 Å². The van der Waals surface area contributed by atoms with Gasteiger partial charge in [0.15, 0.2) is 5.44 Å². The molecule has 0 aliphatic carbocycles. The fourth-order valence-electron chi connectivity index (χ4n) is 4.94. The number of rotatable bonds is 6. The van der Waals surface area contributed by atoms with Crippen molar-refractivity contribution in [3.05, 3.63) is 84.7 Å². The van der Waals surface area contributed by atoms with Crippen molar-refractivity contribution in [2.24, 2.45) is 7.05 Å². The lowest BCUT2D eigenvalue weighted by Crippen LogP contribution is -2.43. The third-order valence-corrected chi connectivity index (χ3v) is 8.94. The molecule has 1 saturated heterocycles. The van der Waals surface area contributed by atoms with E-state index in [2.05, 4.69) is 21.7 Å². The van der Waals surface area contributed by atoms with Gasteiger partial charge in [-0.15, -0.1) is 0 Å². The zero-order valence-electron chi connectivity index (χ0n) is 21.1. The van der Waals surface area contributed by atoms with Gasteiger partial charge in [0.2, 0.25) is 9.84 Å². The summed E-state index contributed by atoms with van der Waals surface area (Å²) >= 11 is 0. The van der Waals surface area contributed by atoms with Crippen LogP contribution in [0.3, 0.4) is 0 Å². The molecule has 5 aromatic rings. The van der Waals surface area contributed by atoms with E-state index in [4.69, 9.17) is 4.74 Å². The summed E-state index contributed by atoms with van der Waals surface area (Å²) in [6.07, 6.45) is 3.32. The lowest BCUT2D eigenvalue weighted by atomic mass is 10.0. The molecule has 3 heterocycles. The number of hydrogen-bond acceptors (Lipinski definition) is 7. The molecule has 9 nitrogen and oxygen atoms in total. The average molecular weight is 543 g/mol. The molecule has 2 aromatic heterocycles. The number of aromatic nitrogens is 2. The first-order valence-electron chi connectivity index (χ1n) is 12.5.